The van der Waals surface area contributed by atoms with Crippen LogP contribution in [0.25, 0.3) is 10.9 Å². The molecule has 0 spiro atoms. The van der Waals surface area contributed by atoms with Gasteiger partial charge in [-0.2, -0.15) is 0 Å². The van der Waals surface area contributed by atoms with E-state index >= 15 is 0 Å². The summed E-state index contributed by atoms with van der Waals surface area (Å²) in [6.07, 6.45) is -0.351. The van der Waals surface area contributed by atoms with E-state index in [1.54, 1.807) is 29.2 Å². The molecule has 65 heavy (non-hydrogen) atoms. The predicted molar refractivity (Wildman–Crippen MR) is 244 cm³/mol. The monoisotopic (exact) mass is 883 g/mol. The molecule has 7 rings (SSSR count). The highest BCUT2D eigenvalue weighted by molar-refractivity contribution is 6.22. The molecule has 4 amide bonds. The first-order chi connectivity index (χ1) is 31.7. The van der Waals surface area contributed by atoms with Gasteiger partial charge in [-0.25, -0.2) is 4.99 Å². The van der Waals surface area contributed by atoms with E-state index < -0.39 is 18.2 Å². The molecule has 0 aliphatic carbocycles. The molecule has 338 valence electrons. The number of aromatic hydroxyl groups is 1. The first-order valence-corrected chi connectivity index (χ1v) is 21.7. The number of rotatable bonds is 20. The van der Waals surface area contributed by atoms with Gasteiger partial charge in [-0.3, -0.25) is 29.4 Å². The van der Waals surface area contributed by atoms with Gasteiger partial charge in [-0.15, -0.1) is 0 Å². The Morgan fingerprint density at radius 1 is 0.908 bits per heavy atom. The number of carbonyl (C=O) groups is 4. The number of aliphatic imine (C=N–C) groups is 1. The third kappa shape index (κ3) is 12.3. The molecule has 0 saturated carbocycles. The number of fused-ring (bicyclic) bond motifs is 2. The molecule has 16 nitrogen and oxygen atoms in total. The lowest BCUT2D eigenvalue weighted by atomic mass is 10.00. The third-order valence-electron chi connectivity index (χ3n) is 10.9. The van der Waals surface area contributed by atoms with Crippen LogP contribution in [0.4, 0.5) is 11.4 Å². The zero-order valence-corrected chi connectivity index (χ0v) is 36.2. The maximum atomic E-state index is 12.7. The maximum Gasteiger partial charge on any atom is 0.296 e. The summed E-state index contributed by atoms with van der Waals surface area (Å²) in [6, 6.07) is 27.7. The van der Waals surface area contributed by atoms with Gasteiger partial charge in [0.05, 0.1) is 74.6 Å². The summed E-state index contributed by atoms with van der Waals surface area (Å²) in [5.41, 5.74) is 7.05. The molecule has 4 aromatic carbocycles. The Hall–Kier alpha value is -6.71. The molecule has 2 aliphatic heterocycles. The molecule has 16 heteroatoms. The standard InChI is InChI=1S/C49H53N7O9/c1-2-51-42(57)19-14-32-13-17-37-40(29-32)54-48(61)45(37)46(34-7-4-3-5-8-34)52-35-15-11-33(12-16-35)30-50-22-24-64-26-28-65-27-25-63-23-21-44(59)53-39-10-6-9-36-38(39)31-56(49(36)62)41-18-20-43(58)55-47(41)60/h3-13,15-17,29,41,49-50,54,61-62H,2,18,20-28,30-31H2,1H3,(H,51,57)(H,53,59)(H,55,58,60). The lowest BCUT2D eigenvalue weighted by molar-refractivity contribution is -0.141. The second kappa shape index (κ2) is 22.8. The van der Waals surface area contributed by atoms with E-state index in [0.29, 0.717) is 92.7 Å². The Balaban J connectivity index is 0.777. The van der Waals surface area contributed by atoms with Crippen molar-refractivity contribution in [2.24, 2.45) is 4.99 Å². The van der Waals surface area contributed by atoms with Crippen molar-refractivity contribution >= 4 is 51.6 Å². The Kier molecular flexibility index (Phi) is 16.2. The van der Waals surface area contributed by atoms with Gasteiger partial charge in [0.1, 0.15) is 6.23 Å². The zero-order valence-electron chi connectivity index (χ0n) is 36.2. The fraction of sp³-hybridized carbons (Fsp3) is 0.327. The quantitative estimate of drug-likeness (QED) is 0.0253. The average molecular weight is 884 g/mol. The molecule has 1 aromatic heterocycles. The molecular weight excluding hydrogens is 831 g/mol. The van der Waals surface area contributed by atoms with E-state index in [0.717, 1.165) is 27.8 Å². The third-order valence-corrected chi connectivity index (χ3v) is 10.9. The number of anilines is 1. The van der Waals surface area contributed by atoms with Crippen molar-refractivity contribution in [3.8, 4) is 17.7 Å². The summed E-state index contributed by atoms with van der Waals surface area (Å²) in [6.45, 7) is 6.11. The van der Waals surface area contributed by atoms with Crippen molar-refractivity contribution in [3.63, 3.8) is 0 Å². The van der Waals surface area contributed by atoms with E-state index in [2.05, 4.69) is 38.1 Å². The van der Waals surface area contributed by atoms with Gasteiger partial charge in [0.25, 0.3) is 5.91 Å². The number of piperidine rings is 1. The molecule has 0 bridgehead atoms. The van der Waals surface area contributed by atoms with Crippen molar-refractivity contribution in [1.29, 1.82) is 0 Å². The molecule has 1 saturated heterocycles. The van der Waals surface area contributed by atoms with Crippen LogP contribution in [-0.2, 0) is 46.5 Å². The number of nitrogens with zero attached hydrogens (tertiary/aromatic N) is 2. The van der Waals surface area contributed by atoms with Crippen LogP contribution in [0.15, 0.2) is 96.0 Å². The van der Waals surface area contributed by atoms with Crippen LogP contribution < -0.4 is 21.3 Å². The molecule has 2 atom stereocenters. The Labute approximate surface area is 376 Å². The topological polar surface area (TPSA) is 216 Å². The summed E-state index contributed by atoms with van der Waals surface area (Å²) in [5, 5.41) is 34.1. The number of aromatic amines is 1. The van der Waals surface area contributed by atoms with Crippen LogP contribution in [0, 0.1) is 11.8 Å². The average Bonchev–Trinajstić information content (AvgIpc) is 3.82. The van der Waals surface area contributed by atoms with Gasteiger partial charge in [-0.1, -0.05) is 66.6 Å². The Morgan fingerprint density at radius 2 is 1.66 bits per heavy atom. The molecule has 2 unspecified atom stereocenters. The molecule has 0 radical (unpaired) electrons. The number of hydrogen-bond donors (Lipinski definition) is 7. The van der Waals surface area contributed by atoms with Gasteiger partial charge in [0.2, 0.25) is 17.7 Å². The van der Waals surface area contributed by atoms with Crippen molar-refractivity contribution in [3.05, 3.63) is 124 Å². The van der Waals surface area contributed by atoms with Gasteiger partial charge in [0, 0.05) is 66.3 Å². The number of aromatic nitrogens is 1. The van der Waals surface area contributed by atoms with E-state index in [9.17, 15) is 29.4 Å². The van der Waals surface area contributed by atoms with E-state index in [1.165, 1.54) is 0 Å². The largest absolute Gasteiger partial charge is 0.494 e. The number of amides is 4. The maximum absolute atomic E-state index is 12.7. The minimum atomic E-state index is -1.01. The number of aliphatic hydroxyl groups excluding tert-OH is 1. The smallest absolute Gasteiger partial charge is 0.296 e. The second-order valence-electron chi connectivity index (χ2n) is 15.4. The molecule has 5 aromatic rings. The number of aliphatic hydroxyl groups is 1. The highest BCUT2D eigenvalue weighted by atomic mass is 16.5. The number of hydrogen-bond acceptors (Lipinski definition) is 12. The number of carbonyl (C=O) groups excluding carboxylic acids is 4. The SMILES string of the molecule is CCNC(=O)C#Cc1ccc2c(C(=Nc3ccc(CNCCOCCOCCOCCC(=O)Nc4cccc5c4CN(C4CCC(=O)NC4=O)C5O)cc3)c3ccccc3)c(O)[nH]c2c1. The summed E-state index contributed by atoms with van der Waals surface area (Å²) >= 11 is 0. The molecule has 2 aliphatic rings. The lowest BCUT2D eigenvalue weighted by Gasteiger charge is -2.31. The van der Waals surface area contributed by atoms with Gasteiger partial charge < -0.3 is 45.4 Å². The van der Waals surface area contributed by atoms with Crippen LogP contribution in [-0.4, -0.2) is 108 Å². The van der Waals surface area contributed by atoms with Crippen molar-refractivity contribution in [2.45, 2.75) is 51.5 Å². The molecule has 1 fully saturated rings. The van der Waals surface area contributed by atoms with Gasteiger partial charge >= 0.3 is 0 Å². The van der Waals surface area contributed by atoms with E-state index in [4.69, 9.17) is 19.2 Å². The van der Waals surface area contributed by atoms with Gasteiger partial charge in [0.15, 0.2) is 5.88 Å². The predicted octanol–water partition coefficient (Wildman–Crippen LogP) is 4.31. The summed E-state index contributed by atoms with van der Waals surface area (Å²) in [5.74, 6) is 4.11. The van der Waals surface area contributed by atoms with Crippen molar-refractivity contribution in [2.75, 3.05) is 58.0 Å². The number of benzene rings is 4. The second-order valence-corrected chi connectivity index (χ2v) is 15.4. The number of ether oxygens (including phenoxy) is 3. The van der Waals surface area contributed by atoms with Crippen molar-refractivity contribution < 1.29 is 43.6 Å². The minimum absolute atomic E-state index is 0.0178. The summed E-state index contributed by atoms with van der Waals surface area (Å²) < 4.78 is 16.9. The zero-order chi connectivity index (χ0) is 45.5. The fourth-order valence-electron chi connectivity index (χ4n) is 7.68. The van der Waals surface area contributed by atoms with Gasteiger partial charge in [-0.05, 0) is 54.8 Å². The molecule has 3 heterocycles. The normalized spacial score (nSPS) is 16.2. The van der Waals surface area contributed by atoms with E-state index in [-0.39, 0.29) is 49.6 Å². The Morgan fingerprint density at radius 3 is 2.42 bits per heavy atom. The van der Waals surface area contributed by atoms with Crippen LogP contribution >= 0.6 is 0 Å². The molecule has 7 N–H and O–H groups in total. The molecular formula is C49H53N7O9. The van der Waals surface area contributed by atoms with Crippen LogP contribution in [0.2, 0.25) is 0 Å². The first kappa shape index (κ1) is 46.3. The van der Waals surface area contributed by atoms with Crippen molar-refractivity contribution in [1.82, 2.24) is 25.8 Å². The highest BCUT2D eigenvalue weighted by Gasteiger charge is 2.40. The number of imide groups is 1. The lowest BCUT2D eigenvalue weighted by Crippen LogP contribution is -2.51. The number of nitrogens with one attached hydrogen (secondary N) is 5. The highest BCUT2D eigenvalue weighted by Crippen LogP contribution is 2.39. The van der Waals surface area contributed by atoms with E-state index in [1.807, 2.05) is 73.7 Å². The van der Waals surface area contributed by atoms with Crippen LogP contribution in [0.5, 0.6) is 5.88 Å². The first-order valence-electron chi connectivity index (χ1n) is 21.7. The fourth-order valence-corrected chi connectivity index (χ4v) is 7.68. The minimum Gasteiger partial charge on any atom is -0.494 e. The summed E-state index contributed by atoms with van der Waals surface area (Å²) in [4.78, 5) is 58.2. The Bertz CT molecular complexity index is 2570. The summed E-state index contributed by atoms with van der Waals surface area (Å²) in [7, 11) is 0. The number of H-pyrrole nitrogens is 1. The van der Waals surface area contributed by atoms with Crippen LogP contribution in [0.1, 0.15) is 65.8 Å². The van der Waals surface area contributed by atoms with Crippen LogP contribution in [0.3, 0.4) is 0 Å².